The summed E-state index contributed by atoms with van der Waals surface area (Å²) >= 11 is 0. The van der Waals surface area contributed by atoms with Gasteiger partial charge < -0.3 is 23.7 Å². The molecule has 20 heavy (non-hydrogen) atoms. The summed E-state index contributed by atoms with van der Waals surface area (Å²) in [6.45, 7) is 3.60. The van der Waals surface area contributed by atoms with Crippen molar-refractivity contribution in [1.29, 1.82) is 0 Å². The Hall–Kier alpha value is -0.290. The van der Waals surface area contributed by atoms with Crippen molar-refractivity contribution in [2.45, 2.75) is 0 Å². The zero-order valence-electron chi connectivity index (χ0n) is 11.8. The van der Waals surface area contributed by atoms with E-state index in [0.717, 1.165) is 0 Å². The van der Waals surface area contributed by atoms with Crippen molar-refractivity contribution < 1.29 is 36.7 Å². The lowest BCUT2D eigenvalue weighted by Gasteiger charge is -2.07. The molecule has 0 heterocycles. The maximum atomic E-state index is 10.4. The minimum absolute atomic E-state index is 0.0441. The van der Waals surface area contributed by atoms with Gasteiger partial charge in [0.25, 0.3) is 10.1 Å². The number of ether oxygens (including phenoxy) is 5. The second kappa shape index (κ2) is 13.7. The Labute approximate surface area is 120 Å². The molecule has 8 nitrogen and oxygen atoms in total. The maximum absolute atomic E-state index is 10.4. The van der Waals surface area contributed by atoms with Gasteiger partial charge in [0.1, 0.15) is 0 Å². The van der Waals surface area contributed by atoms with Crippen LogP contribution in [0.5, 0.6) is 0 Å². The molecule has 0 radical (unpaired) electrons. The van der Waals surface area contributed by atoms with E-state index < -0.39 is 15.9 Å². The van der Waals surface area contributed by atoms with Crippen molar-refractivity contribution in [1.82, 2.24) is 0 Å². The normalized spacial score (nSPS) is 11.9. The van der Waals surface area contributed by atoms with Crippen molar-refractivity contribution in [2.24, 2.45) is 0 Å². The van der Waals surface area contributed by atoms with Crippen LogP contribution in [0.1, 0.15) is 0 Å². The standard InChI is InChI=1S/C11H24O8S/c1-15-2-3-16-4-5-17-6-7-18-8-9-19-10-11-20(12,13)14/h2-11H2,1H3,(H,12,13,14). The Morgan fingerprint density at radius 1 is 0.700 bits per heavy atom. The van der Waals surface area contributed by atoms with E-state index >= 15 is 0 Å². The molecule has 0 aliphatic carbocycles. The third-order valence-corrected chi connectivity index (χ3v) is 2.72. The molecule has 0 fully saturated rings. The summed E-state index contributed by atoms with van der Waals surface area (Å²) in [4.78, 5) is 0. The van der Waals surface area contributed by atoms with Gasteiger partial charge in [-0.15, -0.1) is 0 Å². The van der Waals surface area contributed by atoms with Gasteiger partial charge in [-0.1, -0.05) is 0 Å². The predicted octanol–water partition coefficient (Wildman–Crippen LogP) is -0.413. The van der Waals surface area contributed by atoms with E-state index in [2.05, 4.69) is 0 Å². The van der Waals surface area contributed by atoms with E-state index in [9.17, 15) is 8.42 Å². The fourth-order valence-corrected chi connectivity index (χ4v) is 1.40. The summed E-state index contributed by atoms with van der Waals surface area (Å²) in [5.74, 6) is -0.404. The Balaban J connectivity index is 3.03. The average Bonchev–Trinajstić information content (AvgIpc) is 2.38. The molecule has 0 amide bonds. The highest BCUT2D eigenvalue weighted by Crippen LogP contribution is 1.85. The van der Waals surface area contributed by atoms with E-state index in [4.69, 9.17) is 28.2 Å². The highest BCUT2D eigenvalue weighted by Gasteiger charge is 2.02. The van der Waals surface area contributed by atoms with Crippen LogP contribution in [-0.2, 0) is 33.8 Å². The molecule has 0 bridgehead atoms. The predicted molar refractivity (Wildman–Crippen MR) is 71.6 cm³/mol. The largest absolute Gasteiger partial charge is 0.382 e. The van der Waals surface area contributed by atoms with Crippen LogP contribution >= 0.6 is 0 Å². The molecule has 1 N–H and O–H groups in total. The first-order valence-corrected chi connectivity index (χ1v) is 7.92. The Bertz CT molecular complexity index is 293. The second-order valence-electron chi connectivity index (χ2n) is 3.73. The van der Waals surface area contributed by atoms with Crippen LogP contribution in [0, 0.1) is 0 Å². The molecule has 9 heteroatoms. The summed E-state index contributed by atoms with van der Waals surface area (Å²) in [6, 6.07) is 0. The van der Waals surface area contributed by atoms with Crippen LogP contribution in [0.25, 0.3) is 0 Å². The molecular formula is C11H24O8S. The fourth-order valence-electron chi connectivity index (χ4n) is 1.07. The van der Waals surface area contributed by atoms with Gasteiger partial charge in [-0.2, -0.15) is 8.42 Å². The summed E-state index contributed by atoms with van der Waals surface area (Å²) in [5, 5.41) is 0. The molecule has 0 unspecified atom stereocenters. The SMILES string of the molecule is COCCOCCOCCOCCOCCS(=O)(=O)O. The lowest BCUT2D eigenvalue weighted by Crippen LogP contribution is -2.15. The van der Waals surface area contributed by atoms with Crippen LogP contribution in [0.3, 0.4) is 0 Å². The maximum Gasteiger partial charge on any atom is 0.267 e. The van der Waals surface area contributed by atoms with Crippen LogP contribution in [-0.4, -0.2) is 85.3 Å². The van der Waals surface area contributed by atoms with Gasteiger partial charge in [-0.25, -0.2) is 0 Å². The molecule has 0 aromatic rings. The third kappa shape index (κ3) is 17.7. The van der Waals surface area contributed by atoms with Crippen molar-refractivity contribution in [2.75, 3.05) is 72.3 Å². The monoisotopic (exact) mass is 316 g/mol. The zero-order chi connectivity index (χ0) is 15.1. The van der Waals surface area contributed by atoms with Crippen molar-refractivity contribution in [3.8, 4) is 0 Å². The summed E-state index contributed by atoms with van der Waals surface area (Å²) in [7, 11) is -2.33. The number of rotatable bonds is 15. The second-order valence-corrected chi connectivity index (χ2v) is 5.30. The Morgan fingerprint density at radius 3 is 1.40 bits per heavy atom. The molecule has 0 spiro atoms. The average molecular weight is 316 g/mol. The lowest BCUT2D eigenvalue weighted by molar-refractivity contribution is -0.00670. The van der Waals surface area contributed by atoms with E-state index in [1.54, 1.807) is 7.11 Å². The Kier molecular flexibility index (Phi) is 13.5. The molecular weight excluding hydrogens is 292 g/mol. The Morgan fingerprint density at radius 2 is 1.05 bits per heavy atom. The number of methoxy groups -OCH3 is 1. The lowest BCUT2D eigenvalue weighted by atomic mass is 10.7. The van der Waals surface area contributed by atoms with Gasteiger partial charge in [-0.3, -0.25) is 4.55 Å². The minimum atomic E-state index is -3.95. The molecule has 0 atom stereocenters. The van der Waals surface area contributed by atoms with Crippen molar-refractivity contribution in [3.05, 3.63) is 0 Å². The van der Waals surface area contributed by atoms with Crippen LogP contribution in [0.4, 0.5) is 0 Å². The van der Waals surface area contributed by atoms with Crippen LogP contribution in [0.2, 0.25) is 0 Å². The molecule has 0 aliphatic heterocycles. The molecule has 0 aromatic carbocycles. The van der Waals surface area contributed by atoms with E-state index in [-0.39, 0.29) is 13.2 Å². The fraction of sp³-hybridized carbons (Fsp3) is 1.00. The summed E-state index contributed by atoms with van der Waals surface area (Å²) in [6.07, 6.45) is 0. The first-order chi connectivity index (χ1) is 9.56. The summed E-state index contributed by atoms with van der Waals surface area (Å²) in [5.41, 5.74) is 0. The van der Waals surface area contributed by atoms with E-state index in [1.165, 1.54) is 0 Å². The van der Waals surface area contributed by atoms with Crippen LogP contribution < -0.4 is 0 Å². The quantitative estimate of drug-likeness (QED) is 0.321. The molecule has 0 aliphatic rings. The van der Waals surface area contributed by atoms with Gasteiger partial charge >= 0.3 is 0 Å². The first kappa shape index (κ1) is 19.7. The van der Waals surface area contributed by atoms with Gasteiger partial charge in [0.05, 0.1) is 65.2 Å². The van der Waals surface area contributed by atoms with Gasteiger partial charge in [0.2, 0.25) is 0 Å². The minimum Gasteiger partial charge on any atom is -0.382 e. The summed E-state index contributed by atoms with van der Waals surface area (Å²) < 4.78 is 54.6. The van der Waals surface area contributed by atoms with E-state index in [1.807, 2.05) is 0 Å². The van der Waals surface area contributed by atoms with Gasteiger partial charge in [0, 0.05) is 7.11 Å². The smallest absolute Gasteiger partial charge is 0.267 e. The highest BCUT2D eigenvalue weighted by molar-refractivity contribution is 7.85. The van der Waals surface area contributed by atoms with Crippen molar-refractivity contribution in [3.63, 3.8) is 0 Å². The van der Waals surface area contributed by atoms with Crippen molar-refractivity contribution >= 4 is 10.1 Å². The molecule has 0 saturated heterocycles. The van der Waals surface area contributed by atoms with Crippen LogP contribution in [0.15, 0.2) is 0 Å². The van der Waals surface area contributed by atoms with Gasteiger partial charge in [0.15, 0.2) is 0 Å². The zero-order valence-corrected chi connectivity index (χ0v) is 12.6. The molecule has 0 aromatic heterocycles. The van der Waals surface area contributed by atoms with E-state index in [0.29, 0.717) is 46.2 Å². The highest BCUT2D eigenvalue weighted by atomic mass is 32.2. The molecule has 0 saturated carbocycles. The molecule has 0 rings (SSSR count). The number of hydrogen-bond donors (Lipinski definition) is 1. The number of hydrogen-bond acceptors (Lipinski definition) is 7. The third-order valence-electron chi connectivity index (χ3n) is 2.03. The topological polar surface area (TPSA) is 101 Å². The molecule has 122 valence electrons. The van der Waals surface area contributed by atoms with Gasteiger partial charge in [-0.05, 0) is 0 Å². The first-order valence-electron chi connectivity index (χ1n) is 6.31.